The molecule has 0 saturated carbocycles. The van der Waals surface area contributed by atoms with Crippen LogP contribution >= 0.6 is 23.4 Å². The quantitative estimate of drug-likeness (QED) is 0.275. The molecule has 0 aliphatic rings. The van der Waals surface area contributed by atoms with Gasteiger partial charge in [-0.05, 0) is 42.3 Å². The Morgan fingerprint density at radius 2 is 1.83 bits per heavy atom. The SMILES string of the molecule is Cc1ccccc1-n1c(SCc2cccc(Cl)c2)nc2c([nH]c3ccccc32)c1=O. The molecule has 5 aromatic rings. The molecule has 0 radical (unpaired) electrons. The zero-order valence-corrected chi connectivity index (χ0v) is 17.8. The first kappa shape index (κ1) is 19.0. The largest absolute Gasteiger partial charge is 0.349 e. The molecule has 148 valence electrons. The topological polar surface area (TPSA) is 50.7 Å². The van der Waals surface area contributed by atoms with Crippen molar-refractivity contribution in [1.82, 2.24) is 14.5 Å². The molecule has 6 heteroatoms. The Hall–Kier alpha value is -3.02. The summed E-state index contributed by atoms with van der Waals surface area (Å²) in [5.41, 5.74) is 4.97. The Kier molecular flexibility index (Phi) is 4.85. The first-order valence-corrected chi connectivity index (χ1v) is 10.9. The Balaban J connectivity index is 1.73. The van der Waals surface area contributed by atoms with Crippen molar-refractivity contribution < 1.29 is 0 Å². The van der Waals surface area contributed by atoms with E-state index in [1.165, 1.54) is 11.8 Å². The summed E-state index contributed by atoms with van der Waals surface area (Å²) in [6.45, 7) is 2.00. The number of para-hydroxylation sites is 2. The highest BCUT2D eigenvalue weighted by Gasteiger charge is 2.18. The van der Waals surface area contributed by atoms with Gasteiger partial charge in [-0.3, -0.25) is 9.36 Å². The van der Waals surface area contributed by atoms with Gasteiger partial charge in [-0.2, -0.15) is 0 Å². The van der Waals surface area contributed by atoms with Gasteiger partial charge in [-0.25, -0.2) is 4.98 Å². The number of hydrogen-bond donors (Lipinski definition) is 1. The molecule has 3 aromatic carbocycles. The second-order valence-electron chi connectivity index (χ2n) is 7.13. The van der Waals surface area contributed by atoms with Crippen LogP contribution in [0.2, 0.25) is 5.02 Å². The molecule has 0 aliphatic carbocycles. The minimum Gasteiger partial charge on any atom is -0.349 e. The van der Waals surface area contributed by atoms with E-state index in [-0.39, 0.29) is 5.56 Å². The number of hydrogen-bond acceptors (Lipinski definition) is 3. The lowest BCUT2D eigenvalue weighted by atomic mass is 10.2. The zero-order chi connectivity index (χ0) is 20.7. The summed E-state index contributed by atoms with van der Waals surface area (Å²) >= 11 is 7.68. The number of fused-ring (bicyclic) bond motifs is 3. The summed E-state index contributed by atoms with van der Waals surface area (Å²) < 4.78 is 1.71. The number of H-pyrrole nitrogens is 1. The van der Waals surface area contributed by atoms with E-state index in [4.69, 9.17) is 16.6 Å². The standard InChI is InChI=1S/C24H18ClN3OS/c1-15-7-2-5-12-20(15)28-23(29)22-21(18-10-3-4-11-19(18)26-22)27-24(28)30-14-16-8-6-9-17(25)13-16/h2-13,26H,14H2,1H3. The molecule has 2 aromatic heterocycles. The lowest BCUT2D eigenvalue weighted by Gasteiger charge is -2.14. The summed E-state index contributed by atoms with van der Waals surface area (Å²) in [5, 5.41) is 2.31. The number of aromatic amines is 1. The van der Waals surface area contributed by atoms with E-state index in [2.05, 4.69) is 4.98 Å². The number of halogens is 1. The van der Waals surface area contributed by atoms with Gasteiger partial charge >= 0.3 is 0 Å². The van der Waals surface area contributed by atoms with Crippen LogP contribution in [0.4, 0.5) is 0 Å². The normalized spacial score (nSPS) is 11.4. The monoisotopic (exact) mass is 431 g/mol. The third-order valence-electron chi connectivity index (χ3n) is 5.11. The van der Waals surface area contributed by atoms with Crippen LogP contribution in [0, 0.1) is 6.92 Å². The fourth-order valence-electron chi connectivity index (χ4n) is 3.64. The summed E-state index contributed by atoms with van der Waals surface area (Å²) in [6.07, 6.45) is 0. The van der Waals surface area contributed by atoms with Gasteiger partial charge in [0, 0.05) is 21.7 Å². The van der Waals surface area contributed by atoms with Gasteiger partial charge in [0.1, 0.15) is 11.0 Å². The Labute approximate surface area is 182 Å². The van der Waals surface area contributed by atoms with Crippen LogP contribution in [0.1, 0.15) is 11.1 Å². The summed E-state index contributed by atoms with van der Waals surface area (Å²) in [4.78, 5) is 21.8. The molecular weight excluding hydrogens is 414 g/mol. The summed E-state index contributed by atoms with van der Waals surface area (Å²) in [6, 6.07) is 23.5. The van der Waals surface area contributed by atoms with Crippen molar-refractivity contribution >= 4 is 45.3 Å². The third-order valence-corrected chi connectivity index (χ3v) is 6.35. The van der Waals surface area contributed by atoms with Crippen LogP contribution in [0.25, 0.3) is 27.6 Å². The number of rotatable bonds is 4. The fourth-order valence-corrected chi connectivity index (χ4v) is 4.79. The van der Waals surface area contributed by atoms with Crippen LogP contribution in [0.5, 0.6) is 0 Å². The molecule has 0 unspecified atom stereocenters. The number of thioether (sulfide) groups is 1. The number of benzene rings is 3. The van der Waals surface area contributed by atoms with Crippen molar-refractivity contribution in [2.75, 3.05) is 0 Å². The maximum absolute atomic E-state index is 13.6. The van der Waals surface area contributed by atoms with Crippen molar-refractivity contribution in [3.63, 3.8) is 0 Å². The Bertz CT molecular complexity index is 1450. The minimum absolute atomic E-state index is 0.0981. The zero-order valence-electron chi connectivity index (χ0n) is 16.2. The van der Waals surface area contributed by atoms with E-state index >= 15 is 0 Å². The van der Waals surface area contributed by atoms with Crippen molar-refractivity contribution in [3.05, 3.63) is 99.3 Å². The van der Waals surface area contributed by atoms with Gasteiger partial charge in [0.05, 0.1) is 5.69 Å². The number of aromatic nitrogens is 3. The summed E-state index contributed by atoms with van der Waals surface area (Å²) in [5.74, 6) is 0.659. The lowest BCUT2D eigenvalue weighted by Crippen LogP contribution is -2.22. The second-order valence-corrected chi connectivity index (χ2v) is 8.51. The predicted molar refractivity (Wildman–Crippen MR) is 125 cm³/mol. The highest BCUT2D eigenvalue weighted by molar-refractivity contribution is 7.98. The highest BCUT2D eigenvalue weighted by Crippen LogP contribution is 2.29. The van der Waals surface area contributed by atoms with Gasteiger partial charge in [-0.15, -0.1) is 0 Å². The van der Waals surface area contributed by atoms with E-state index in [0.29, 0.717) is 27.0 Å². The fraction of sp³-hybridized carbons (Fsp3) is 0.0833. The smallest absolute Gasteiger partial charge is 0.283 e. The second kappa shape index (κ2) is 7.67. The van der Waals surface area contributed by atoms with Crippen LogP contribution in [0.3, 0.4) is 0 Å². The minimum atomic E-state index is -0.0981. The first-order chi connectivity index (χ1) is 14.6. The van der Waals surface area contributed by atoms with Gasteiger partial charge in [0.25, 0.3) is 5.56 Å². The van der Waals surface area contributed by atoms with Crippen LogP contribution < -0.4 is 5.56 Å². The van der Waals surface area contributed by atoms with E-state index in [9.17, 15) is 4.79 Å². The van der Waals surface area contributed by atoms with Crippen molar-refractivity contribution in [3.8, 4) is 5.69 Å². The molecule has 2 heterocycles. The average Bonchev–Trinajstić information content (AvgIpc) is 3.12. The van der Waals surface area contributed by atoms with Crippen molar-refractivity contribution in [1.29, 1.82) is 0 Å². The predicted octanol–water partition coefficient (Wildman–Crippen LogP) is 6.12. The molecule has 30 heavy (non-hydrogen) atoms. The molecule has 1 N–H and O–H groups in total. The molecule has 0 aliphatic heterocycles. The average molecular weight is 432 g/mol. The number of aryl methyl sites for hydroxylation is 1. The van der Waals surface area contributed by atoms with Gasteiger partial charge in [0.2, 0.25) is 0 Å². The molecule has 5 rings (SSSR count). The van der Waals surface area contributed by atoms with Gasteiger partial charge in [0.15, 0.2) is 5.16 Å². The molecule has 0 fully saturated rings. The van der Waals surface area contributed by atoms with E-state index in [1.54, 1.807) is 4.57 Å². The molecule has 0 amide bonds. The molecule has 0 spiro atoms. The molecule has 0 saturated heterocycles. The van der Waals surface area contributed by atoms with Crippen LogP contribution in [-0.2, 0) is 5.75 Å². The van der Waals surface area contributed by atoms with Crippen LogP contribution in [0.15, 0.2) is 82.7 Å². The molecule has 0 atom stereocenters. The number of nitrogens with zero attached hydrogens (tertiary/aromatic N) is 2. The maximum atomic E-state index is 13.6. The maximum Gasteiger partial charge on any atom is 0.283 e. The van der Waals surface area contributed by atoms with Gasteiger partial charge in [-0.1, -0.05) is 71.9 Å². The van der Waals surface area contributed by atoms with Crippen molar-refractivity contribution in [2.45, 2.75) is 17.8 Å². The Morgan fingerprint density at radius 1 is 1.03 bits per heavy atom. The van der Waals surface area contributed by atoms with Crippen LogP contribution in [-0.4, -0.2) is 14.5 Å². The lowest BCUT2D eigenvalue weighted by molar-refractivity contribution is 0.813. The molecular formula is C24H18ClN3OS. The van der Waals surface area contributed by atoms with E-state index < -0.39 is 0 Å². The third kappa shape index (κ3) is 3.30. The summed E-state index contributed by atoms with van der Waals surface area (Å²) in [7, 11) is 0. The first-order valence-electron chi connectivity index (χ1n) is 9.58. The molecule has 4 nitrogen and oxygen atoms in total. The number of nitrogens with one attached hydrogen (secondary N) is 1. The van der Waals surface area contributed by atoms with E-state index in [0.717, 1.165) is 27.7 Å². The van der Waals surface area contributed by atoms with Crippen molar-refractivity contribution in [2.24, 2.45) is 0 Å². The molecule has 0 bridgehead atoms. The Morgan fingerprint density at radius 3 is 2.67 bits per heavy atom. The van der Waals surface area contributed by atoms with Gasteiger partial charge < -0.3 is 4.98 Å². The van der Waals surface area contributed by atoms with E-state index in [1.807, 2.05) is 79.7 Å². The highest BCUT2D eigenvalue weighted by atomic mass is 35.5.